The van der Waals surface area contributed by atoms with Gasteiger partial charge in [0.2, 0.25) is 0 Å². The number of nitrogens with one attached hydrogen (secondary N) is 1. The van der Waals surface area contributed by atoms with Crippen LogP contribution in [0, 0.1) is 23.7 Å². The molecule has 0 saturated heterocycles. The maximum atomic E-state index is 3.97. The first-order valence-electron chi connectivity index (χ1n) is 8.08. The third-order valence-corrected chi connectivity index (χ3v) is 6.78. The molecular formula is C17H25NS. The third kappa shape index (κ3) is 2.17. The van der Waals surface area contributed by atoms with E-state index in [4.69, 9.17) is 0 Å². The van der Waals surface area contributed by atoms with E-state index in [1.807, 2.05) is 11.3 Å². The van der Waals surface area contributed by atoms with Crippen molar-refractivity contribution in [2.75, 3.05) is 0 Å². The van der Waals surface area contributed by atoms with E-state index < -0.39 is 0 Å². The van der Waals surface area contributed by atoms with E-state index in [1.165, 1.54) is 37.7 Å². The largest absolute Gasteiger partial charge is 0.311 e. The van der Waals surface area contributed by atoms with Crippen LogP contribution >= 0.6 is 11.3 Å². The van der Waals surface area contributed by atoms with Crippen molar-refractivity contribution in [1.29, 1.82) is 0 Å². The third-order valence-electron chi connectivity index (χ3n) is 6.05. The minimum absolute atomic E-state index is 0.638. The van der Waals surface area contributed by atoms with Crippen molar-refractivity contribution >= 4 is 11.3 Å². The van der Waals surface area contributed by atoms with Crippen LogP contribution in [0.25, 0.3) is 0 Å². The lowest BCUT2D eigenvalue weighted by Gasteiger charge is -2.34. The van der Waals surface area contributed by atoms with Gasteiger partial charge in [-0.1, -0.05) is 6.42 Å². The molecular weight excluding hydrogens is 250 g/mol. The quantitative estimate of drug-likeness (QED) is 0.872. The molecule has 6 atom stereocenters. The van der Waals surface area contributed by atoms with Gasteiger partial charge in [-0.3, -0.25) is 0 Å². The Hall–Kier alpha value is -0.340. The van der Waals surface area contributed by atoms with E-state index in [2.05, 4.69) is 29.1 Å². The van der Waals surface area contributed by atoms with Crippen molar-refractivity contribution in [1.82, 2.24) is 5.32 Å². The predicted molar refractivity (Wildman–Crippen MR) is 81.5 cm³/mol. The highest BCUT2D eigenvalue weighted by Gasteiger charge is 2.53. The first-order valence-corrected chi connectivity index (χ1v) is 9.02. The van der Waals surface area contributed by atoms with Crippen LogP contribution in [0.2, 0.25) is 0 Å². The molecule has 1 aromatic rings. The summed E-state index contributed by atoms with van der Waals surface area (Å²) < 4.78 is 0. The molecule has 1 aromatic heterocycles. The molecule has 4 rings (SSSR count). The van der Waals surface area contributed by atoms with Crippen LogP contribution in [0.15, 0.2) is 16.8 Å². The maximum Gasteiger partial charge on any atom is 0.0103 e. The molecule has 104 valence electrons. The smallest absolute Gasteiger partial charge is 0.0103 e. The average Bonchev–Trinajstić information content (AvgIpc) is 3.10. The first kappa shape index (κ1) is 12.4. The van der Waals surface area contributed by atoms with Gasteiger partial charge >= 0.3 is 0 Å². The zero-order valence-electron chi connectivity index (χ0n) is 11.8. The second kappa shape index (κ2) is 4.89. The van der Waals surface area contributed by atoms with Crippen molar-refractivity contribution < 1.29 is 0 Å². The lowest BCUT2D eigenvalue weighted by molar-refractivity contribution is 0.199. The Kier molecular flexibility index (Phi) is 3.19. The Labute approximate surface area is 120 Å². The Morgan fingerprint density at radius 3 is 3.00 bits per heavy atom. The van der Waals surface area contributed by atoms with Crippen LogP contribution in [0.5, 0.6) is 0 Å². The van der Waals surface area contributed by atoms with Crippen LogP contribution in [-0.4, -0.2) is 12.1 Å². The highest BCUT2D eigenvalue weighted by Crippen LogP contribution is 2.58. The van der Waals surface area contributed by atoms with E-state index in [1.54, 1.807) is 6.42 Å². The molecule has 3 aliphatic carbocycles. The Balaban J connectivity index is 1.37. The molecule has 0 spiro atoms. The van der Waals surface area contributed by atoms with E-state index in [9.17, 15) is 0 Å². The Morgan fingerprint density at radius 1 is 1.26 bits per heavy atom. The summed E-state index contributed by atoms with van der Waals surface area (Å²) >= 11 is 1.82. The maximum absolute atomic E-state index is 3.97. The van der Waals surface area contributed by atoms with E-state index in [-0.39, 0.29) is 0 Å². The number of hydrogen-bond donors (Lipinski definition) is 1. The van der Waals surface area contributed by atoms with Gasteiger partial charge in [0.25, 0.3) is 0 Å². The van der Waals surface area contributed by atoms with Gasteiger partial charge in [0.05, 0.1) is 0 Å². The van der Waals surface area contributed by atoms with Gasteiger partial charge in [-0.2, -0.15) is 11.3 Å². The summed E-state index contributed by atoms with van der Waals surface area (Å²) in [6.07, 6.45) is 8.80. The summed E-state index contributed by atoms with van der Waals surface area (Å²) in [7, 11) is 0. The van der Waals surface area contributed by atoms with Gasteiger partial charge in [0.1, 0.15) is 0 Å². The summed E-state index contributed by atoms with van der Waals surface area (Å²) in [5.74, 6) is 4.30. The standard InChI is InChI=1S/C17H25NS/c1-11(7-12-5-6-19-10-12)18-17-9-13-8-16(17)15-4-2-3-14(13)15/h5-6,10-11,13-18H,2-4,7-9H2,1H3. The Bertz CT molecular complexity index is 426. The fourth-order valence-electron chi connectivity index (χ4n) is 5.45. The second-order valence-electron chi connectivity index (χ2n) is 7.16. The molecule has 0 amide bonds. The number of hydrogen-bond acceptors (Lipinski definition) is 2. The normalized spacial score (nSPS) is 41.6. The minimum atomic E-state index is 0.638. The second-order valence-corrected chi connectivity index (χ2v) is 7.94. The molecule has 19 heavy (non-hydrogen) atoms. The minimum Gasteiger partial charge on any atom is -0.311 e. The molecule has 2 bridgehead atoms. The van der Waals surface area contributed by atoms with E-state index in [0.717, 1.165) is 29.7 Å². The molecule has 0 radical (unpaired) electrons. The molecule has 3 saturated carbocycles. The zero-order valence-corrected chi connectivity index (χ0v) is 12.7. The van der Waals surface area contributed by atoms with Crippen LogP contribution < -0.4 is 5.32 Å². The van der Waals surface area contributed by atoms with Crippen LogP contribution in [0.1, 0.15) is 44.6 Å². The molecule has 1 heterocycles. The van der Waals surface area contributed by atoms with Crippen LogP contribution in [0.3, 0.4) is 0 Å². The van der Waals surface area contributed by atoms with Gasteiger partial charge in [0.15, 0.2) is 0 Å². The van der Waals surface area contributed by atoms with Crippen LogP contribution in [-0.2, 0) is 6.42 Å². The summed E-state index contributed by atoms with van der Waals surface area (Å²) in [5, 5.41) is 8.46. The predicted octanol–water partition coefficient (Wildman–Crippen LogP) is 4.09. The molecule has 6 unspecified atom stereocenters. The van der Waals surface area contributed by atoms with Crippen molar-refractivity contribution in [2.45, 2.75) is 57.5 Å². The summed E-state index contributed by atoms with van der Waals surface area (Å²) in [6, 6.07) is 3.74. The Morgan fingerprint density at radius 2 is 2.16 bits per heavy atom. The topological polar surface area (TPSA) is 12.0 Å². The molecule has 0 aromatic carbocycles. The van der Waals surface area contributed by atoms with E-state index >= 15 is 0 Å². The van der Waals surface area contributed by atoms with Gasteiger partial charge in [-0.05, 0) is 85.1 Å². The number of thiophene rings is 1. The van der Waals surface area contributed by atoms with Crippen molar-refractivity contribution in [3.05, 3.63) is 22.4 Å². The van der Waals surface area contributed by atoms with E-state index in [0.29, 0.717) is 6.04 Å². The monoisotopic (exact) mass is 275 g/mol. The zero-order chi connectivity index (χ0) is 12.8. The molecule has 3 fully saturated rings. The summed E-state index contributed by atoms with van der Waals surface area (Å²) in [5.41, 5.74) is 1.51. The molecule has 1 N–H and O–H groups in total. The van der Waals surface area contributed by atoms with Crippen molar-refractivity contribution in [3.63, 3.8) is 0 Å². The van der Waals surface area contributed by atoms with Gasteiger partial charge in [-0.25, -0.2) is 0 Å². The molecule has 1 nitrogen and oxygen atoms in total. The highest BCUT2D eigenvalue weighted by atomic mass is 32.1. The lowest BCUT2D eigenvalue weighted by Crippen LogP contribution is -2.44. The number of rotatable bonds is 4. The van der Waals surface area contributed by atoms with Crippen LogP contribution in [0.4, 0.5) is 0 Å². The van der Waals surface area contributed by atoms with Gasteiger partial charge < -0.3 is 5.32 Å². The average molecular weight is 275 g/mol. The van der Waals surface area contributed by atoms with Crippen molar-refractivity contribution in [3.8, 4) is 0 Å². The molecule has 3 aliphatic rings. The number of fused-ring (bicyclic) bond motifs is 5. The van der Waals surface area contributed by atoms with Crippen molar-refractivity contribution in [2.24, 2.45) is 23.7 Å². The summed E-state index contributed by atoms with van der Waals surface area (Å²) in [4.78, 5) is 0. The molecule has 2 heteroatoms. The van der Waals surface area contributed by atoms with Gasteiger partial charge in [-0.15, -0.1) is 0 Å². The first-order chi connectivity index (χ1) is 9.31. The fourth-order valence-corrected chi connectivity index (χ4v) is 6.13. The molecule has 0 aliphatic heterocycles. The highest BCUT2D eigenvalue weighted by molar-refractivity contribution is 7.07. The van der Waals surface area contributed by atoms with Gasteiger partial charge in [0, 0.05) is 12.1 Å². The lowest BCUT2D eigenvalue weighted by atomic mass is 9.79. The SMILES string of the molecule is CC(Cc1ccsc1)NC1CC2CC1C1CCCC21. The fraction of sp³-hybridized carbons (Fsp3) is 0.765. The summed E-state index contributed by atoms with van der Waals surface area (Å²) in [6.45, 7) is 2.37.